The second kappa shape index (κ2) is 5.02. The summed E-state index contributed by atoms with van der Waals surface area (Å²) in [6.45, 7) is 0. The van der Waals surface area contributed by atoms with Crippen molar-refractivity contribution in [3.8, 4) is 11.5 Å². The van der Waals surface area contributed by atoms with Crippen molar-refractivity contribution in [2.45, 2.75) is 0 Å². The summed E-state index contributed by atoms with van der Waals surface area (Å²) in [5, 5.41) is 18.2. The Morgan fingerprint density at radius 1 is 1.26 bits per heavy atom. The van der Waals surface area contributed by atoms with Crippen LogP contribution in [0.2, 0.25) is 5.02 Å². The van der Waals surface area contributed by atoms with Crippen molar-refractivity contribution in [3.63, 3.8) is 0 Å². The van der Waals surface area contributed by atoms with E-state index in [1.165, 1.54) is 6.07 Å². The molecule has 2 rings (SSSR count). The monoisotopic (exact) mass is 345 g/mol. The van der Waals surface area contributed by atoms with Gasteiger partial charge in [-0.1, -0.05) is 11.6 Å². The minimum atomic E-state index is -1.50. The zero-order valence-corrected chi connectivity index (χ0v) is 11.4. The third-order valence-corrected chi connectivity index (χ3v) is 3.08. The van der Waals surface area contributed by atoms with E-state index in [0.717, 1.165) is 0 Å². The first-order valence-corrected chi connectivity index (χ1v) is 6.00. The number of halogens is 2. The number of hydrogen-bond acceptors (Lipinski definition) is 4. The number of oxazole rings is 1. The fourth-order valence-corrected chi connectivity index (χ4v) is 2.24. The molecule has 6 nitrogen and oxygen atoms in total. The Labute approximate surface area is 119 Å². The van der Waals surface area contributed by atoms with E-state index in [4.69, 9.17) is 26.2 Å². The smallest absolute Gasteiger partial charge is 0.374 e. The summed E-state index contributed by atoms with van der Waals surface area (Å²) in [5.74, 6) is -3.80. The standard InChI is InChI=1S/C11H5BrClNO5/c12-6-3-4(13)1-2-5(6)9-14-7(10(15)16)8(19-9)11(17)18/h1-3H,(H,15,16)(H,17,18). The molecule has 0 spiro atoms. The van der Waals surface area contributed by atoms with Crippen LogP contribution in [0.3, 0.4) is 0 Å². The van der Waals surface area contributed by atoms with Crippen LogP contribution in [0.4, 0.5) is 0 Å². The summed E-state index contributed by atoms with van der Waals surface area (Å²) in [6.07, 6.45) is 0. The molecule has 0 fully saturated rings. The molecular weight excluding hydrogens is 341 g/mol. The third kappa shape index (κ3) is 2.61. The fraction of sp³-hybridized carbons (Fsp3) is 0. The van der Waals surface area contributed by atoms with Gasteiger partial charge in [-0.2, -0.15) is 0 Å². The molecule has 0 aliphatic heterocycles. The van der Waals surface area contributed by atoms with Gasteiger partial charge >= 0.3 is 11.9 Å². The van der Waals surface area contributed by atoms with E-state index in [1.807, 2.05) is 0 Å². The first kappa shape index (κ1) is 13.6. The number of nitrogens with zero attached hydrogens (tertiary/aromatic N) is 1. The number of aromatic carboxylic acids is 2. The first-order chi connectivity index (χ1) is 8.90. The lowest BCUT2D eigenvalue weighted by Crippen LogP contribution is -2.05. The molecule has 0 aliphatic carbocycles. The maximum absolute atomic E-state index is 10.9. The highest BCUT2D eigenvalue weighted by Gasteiger charge is 2.26. The average molecular weight is 347 g/mol. The summed E-state index contributed by atoms with van der Waals surface area (Å²) in [4.78, 5) is 25.4. The predicted molar refractivity (Wildman–Crippen MR) is 68.6 cm³/mol. The molecule has 0 amide bonds. The van der Waals surface area contributed by atoms with Gasteiger partial charge in [0.25, 0.3) is 0 Å². The molecule has 0 unspecified atom stereocenters. The van der Waals surface area contributed by atoms with Crippen molar-refractivity contribution in [1.82, 2.24) is 4.98 Å². The number of carbonyl (C=O) groups is 2. The Kier molecular flexibility index (Phi) is 3.59. The van der Waals surface area contributed by atoms with Crippen LogP contribution >= 0.6 is 27.5 Å². The van der Waals surface area contributed by atoms with Crippen LogP contribution in [0.25, 0.3) is 11.5 Å². The van der Waals surface area contributed by atoms with Gasteiger partial charge in [0.2, 0.25) is 17.3 Å². The molecule has 0 radical (unpaired) electrons. The third-order valence-electron chi connectivity index (χ3n) is 2.19. The summed E-state index contributed by atoms with van der Waals surface area (Å²) in [6, 6.07) is 4.64. The van der Waals surface area contributed by atoms with E-state index >= 15 is 0 Å². The molecule has 0 atom stereocenters. The second-order valence-electron chi connectivity index (χ2n) is 3.43. The van der Waals surface area contributed by atoms with Gasteiger partial charge in [0.15, 0.2) is 0 Å². The Morgan fingerprint density at radius 2 is 1.95 bits per heavy atom. The van der Waals surface area contributed by atoms with E-state index in [-0.39, 0.29) is 5.89 Å². The molecule has 2 N–H and O–H groups in total. The molecule has 2 aromatic rings. The quantitative estimate of drug-likeness (QED) is 0.885. The van der Waals surface area contributed by atoms with E-state index in [2.05, 4.69) is 20.9 Å². The highest BCUT2D eigenvalue weighted by Crippen LogP contribution is 2.31. The van der Waals surface area contributed by atoms with Gasteiger partial charge in [-0.25, -0.2) is 14.6 Å². The lowest BCUT2D eigenvalue weighted by atomic mass is 10.2. The van der Waals surface area contributed by atoms with Crippen molar-refractivity contribution >= 4 is 39.5 Å². The lowest BCUT2D eigenvalue weighted by molar-refractivity contribution is 0.0624. The Bertz CT molecular complexity index is 650. The van der Waals surface area contributed by atoms with Crippen LogP contribution in [-0.4, -0.2) is 27.1 Å². The SMILES string of the molecule is O=C(O)c1nc(-c2ccc(Cl)cc2Br)oc1C(=O)O. The molecule has 0 saturated carbocycles. The van der Waals surface area contributed by atoms with E-state index < -0.39 is 23.4 Å². The minimum absolute atomic E-state index is 0.113. The number of rotatable bonds is 3. The number of benzene rings is 1. The van der Waals surface area contributed by atoms with Gasteiger partial charge < -0.3 is 14.6 Å². The van der Waals surface area contributed by atoms with Crippen molar-refractivity contribution in [2.75, 3.05) is 0 Å². The Hall–Kier alpha value is -1.86. The van der Waals surface area contributed by atoms with Crippen LogP contribution < -0.4 is 0 Å². The average Bonchev–Trinajstić information content (AvgIpc) is 2.73. The maximum Gasteiger partial charge on any atom is 0.374 e. The molecule has 19 heavy (non-hydrogen) atoms. The van der Waals surface area contributed by atoms with Crippen molar-refractivity contribution in [1.29, 1.82) is 0 Å². The molecule has 98 valence electrons. The van der Waals surface area contributed by atoms with Crippen molar-refractivity contribution in [2.24, 2.45) is 0 Å². The Balaban J connectivity index is 2.60. The molecule has 8 heteroatoms. The van der Waals surface area contributed by atoms with Gasteiger partial charge in [0.05, 0.1) is 5.56 Å². The summed E-state index contributed by atoms with van der Waals surface area (Å²) >= 11 is 8.98. The van der Waals surface area contributed by atoms with E-state index in [9.17, 15) is 9.59 Å². The molecule has 0 saturated heterocycles. The normalized spacial score (nSPS) is 10.4. The number of carboxylic acids is 2. The van der Waals surface area contributed by atoms with E-state index in [0.29, 0.717) is 15.1 Å². The van der Waals surface area contributed by atoms with Gasteiger partial charge in [0.1, 0.15) is 0 Å². The molecule has 0 bridgehead atoms. The Morgan fingerprint density at radius 3 is 2.42 bits per heavy atom. The predicted octanol–water partition coefficient (Wildman–Crippen LogP) is 3.15. The zero-order chi connectivity index (χ0) is 14.2. The van der Waals surface area contributed by atoms with Crippen LogP contribution in [0.5, 0.6) is 0 Å². The second-order valence-corrected chi connectivity index (χ2v) is 4.72. The molecule has 0 aliphatic rings. The zero-order valence-electron chi connectivity index (χ0n) is 9.05. The van der Waals surface area contributed by atoms with Gasteiger partial charge in [-0.15, -0.1) is 0 Å². The van der Waals surface area contributed by atoms with Crippen LogP contribution in [0, 0.1) is 0 Å². The number of aromatic nitrogens is 1. The summed E-state index contributed by atoms with van der Waals surface area (Å²) in [5.41, 5.74) is -0.247. The molecule has 1 aromatic carbocycles. The van der Waals surface area contributed by atoms with Gasteiger partial charge in [-0.3, -0.25) is 0 Å². The minimum Gasteiger partial charge on any atom is -0.476 e. The van der Waals surface area contributed by atoms with Crippen molar-refractivity contribution < 1.29 is 24.2 Å². The lowest BCUT2D eigenvalue weighted by Gasteiger charge is -1.99. The molecule has 1 heterocycles. The van der Waals surface area contributed by atoms with Gasteiger partial charge in [0, 0.05) is 9.50 Å². The van der Waals surface area contributed by atoms with Gasteiger partial charge in [-0.05, 0) is 34.1 Å². The number of carboxylic acid groups (broad SMARTS) is 2. The molecule has 1 aromatic heterocycles. The first-order valence-electron chi connectivity index (χ1n) is 4.83. The number of hydrogen-bond donors (Lipinski definition) is 2. The fourth-order valence-electron chi connectivity index (χ4n) is 1.39. The van der Waals surface area contributed by atoms with E-state index in [1.54, 1.807) is 12.1 Å². The summed E-state index contributed by atoms with van der Waals surface area (Å²) in [7, 11) is 0. The highest BCUT2D eigenvalue weighted by atomic mass is 79.9. The van der Waals surface area contributed by atoms with Crippen LogP contribution in [-0.2, 0) is 0 Å². The highest BCUT2D eigenvalue weighted by molar-refractivity contribution is 9.10. The van der Waals surface area contributed by atoms with Crippen LogP contribution in [0.15, 0.2) is 27.1 Å². The topological polar surface area (TPSA) is 101 Å². The largest absolute Gasteiger partial charge is 0.476 e. The van der Waals surface area contributed by atoms with Crippen molar-refractivity contribution in [3.05, 3.63) is 39.1 Å². The molecular formula is C11H5BrClNO5. The van der Waals surface area contributed by atoms with Crippen LogP contribution in [0.1, 0.15) is 21.0 Å². The maximum atomic E-state index is 10.9. The summed E-state index contributed by atoms with van der Waals surface area (Å²) < 4.78 is 5.49.